The number of likely N-dealkylation sites (N-methyl/N-ethyl adjacent to an activating group) is 1. The predicted molar refractivity (Wildman–Crippen MR) is 92.5 cm³/mol. The number of anilines is 1. The topological polar surface area (TPSA) is 86.3 Å². The number of esters is 1. The highest BCUT2D eigenvalue weighted by molar-refractivity contribution is 6.11. The van der Waals surface area contributed by atoms with Crippen LogP contribution < -0.4 is 5.32 Å². The zero-order valence-electron chi connectivity index (χ0n) is 15.6. The van der Waals surface area contributed by atoms with Gasteiger partial charge < -0.3 is 24.3 Å². The van der Waals surface area contributed by atoms with Crippen LogP contribution in [0.3, 0.4) is 0 Å². The van der Waals surface area contributed by atoms with Crippen LogP contribution >= 0.6 is 0 Å². The molecule has 8 heteroatoms. The third-order valence-electron chi connectivity index (χ3n) is 6.27. The van der Waals surface area contributed by atoms with Crippen LogP contribution in [0.25, 0.3) is 0 Å². The van der Waals surface area contributed by atoms with E-state index in [1.807, 2.05) is 36.2 Å². The van der Waals surface area contributed by atoms with Gasteiger partial charge in [-0.1, -0.05) is 18.2 Å². The first-order chi connectivity index (χ1) is 12.8. The number of hydrogen-bond donors (Lipinski definition) is 1. The van der Waals surface area contributed by atoms with Gasteiger partial charge in [-0.05, 0) is 27.0 Å². The Balaban J connectivity index is 1.74. The number of fused-ring (bicyclic) bond motifs is 6. The molecule has 1 spiro atoms. The maximum atomic E-state index is 13.4. The normalized spacial score (nSPS) is 41.3. The van der Waals surface area contributed by atoms with Crippen molar-refractivity contribution >= 4 is 17.6 Å². The molecule has 5 atom stereocenters. The van der Waals surface area contributed by atoms with Gasteiger partial charge in [0.25, 0.3) is 5.91 Å². The molecule has 4 heterocycles. The Labute approximate surface area is 156 Å². The second-order valence-corrected chi connectivity index (χ2v) is 8.01. The summed E-state index contributed by atoms with van der Waals surface area (Å²) < 4.78 is 23.4. The average Bonchev–Trinajstić information content (AvgIpc) is 3.25. The van der Waals surface area contributed by atoms with Crippen LogP contribution in [0.4, 0.5) is 5.69 Å². The van der Waals surface area contributed by atoms with Gasteiger partial charge >= 0.3 is 5.97 Å². The first kappa shape index (κ1) is 17.1. The molecular weight excluding hydrogens is 352 g/mol. The van der Waals surface area contributed by atoms with E-state index in [4.69, 9.17) is 18.9 Å². The third kappa shape index (κ3) is 1.77. The van der Waals surface area contributed by atoms with Gasteiger partial charge in [0.1, 0.15) is 6.10 Å². The molecule has 1 aromatic carbocycles. The minimum absolute atomic E-state index is 0.307. The van der Waals surface area contributed by atoms with Gasteiger partial charge in [0.2, 0.25) is 5.60 Å². The Morgan fingerprint density at radius 2 is 2.00 bits per heavy atom. The van der Waals surface area contributed by atoms with Crippen molar-refractivity contribution in [2.75, 3.05) is 26.0 Å². The van der Waals surface area contributed by atoms with E-state index >= 15 is 0 Å². The summed E-state index contributed by atoms with van der Waals surface area (Å²) in [5.74, 6) is -2.14. The molecule has 27 heavy (non-hydrogen) atoms. The zero-order valence-corrected chi connectivity index (χ0v) is 15.6. The Kier molecular flexibility index (Phi) is 3.22. The monoisotopic (exact) mass is 374 g/mol. The summed E-state index contributed by atoms with van der Waals surface area (Å²) in [4.78, 5) is 28.4. The molecule has 0 bridgehead atoms. The molecule has 3 saturated heterocycles. The van der Waals surface area contributed by atoms with Crippen LogP contribution in [0.2, 0.25) is 0 Å². The number of para-hydroxylation sites is 1. The van der Waals surface area contributed by atoms with Crippen LogP contribution in [0.15, 0.2) is 24.3 Å². The summed E-state index contributed by atoms with van der Waals surface area (Å²) in [7, 11) is 3.13. The van der Waals surface area contributed by atoms with E-state index in [9.17, 15) is 9.59 Å². The van der Waals surface area contributed by atoms with Crippen LogP contribution in [0, 0.1) is 5.92 Å². The summed E-state index contributed by atoms with van der Waals surface area (Å²) in [6, 6.07) is 7.35. The maximum absolute atomic E-state index is 13.4. The van der Waals surface area contributed by atoms with Crippen molar-refractivity contribution in [3.05, 3.63) is 29.8 Å². The highest BCUT2D eigenvalue weighted by Crippen LogP contribution is 2.62. The highest BCUT2D eigenvalue weighted by atomic mass is 16.8. The van der Waals surface area contributed by atoms with Gasteiger partial charge in [0.05, 0.1) is 7.11 Å². The van der Waals surface area contributed by atoms with Gasteiger partial charge in [-0.25, -0.2) is 4.79 Å². The Morgan fingerprint density at radius 1 is 1.26 bits per heavy atom. The Hall–Kier alpha value is -2.00. The van der Waals surface area contributed by atoms with Gasteiger partial charge in [0.15, 0.2) is 17.6 Å². The quantitative estimate of drug-likeness (QED) is 0.728. The van der Waals surface area contributed by atoms with E-state index < -0.39 is 41.2 Å². The molecule has 4 aliphatic heterocycles. The second-order valence-electron chi connectivity index (χ2n) is 8.01. The fourth-order valence-electron chi connectivity index (χ4n) is 5.41. The molecule has 4 aliphatic rings. The van der Waals surface area contributed by atoms with Crippen LogP contribution in [0.1, 0.15) is 19.4 Å². The molecule has 1 aromatic rings. The number of methoxy groups -OCH3 is 1. The minimum Gasteiger partial charge on any atom is -0.467 e. The van der Waals surface area contributed by atoms with E-state index in [1.165, 1.54) is 7.11 Å². The molecular formula is C19H22N2O6. The number of rotatable bonds is 1. The van der Waals surface area contributed by atoms with E-state index in [0.717, 1.165) is 0 Å². The molecule has 3 fully saturated rings. The fraction of sp³-hybridized carbons (Fsp3) is 0.579. The Bertz CT molecular complexity index is 856. The molecule has 0 aromatic heterocycles. The molecule has 5 rings (SSSR count). The van der Waals surface area contributed by atoms with E-state index in [-0.39, 0.29) is 5.91 Å². The number of likely N-dealkylation sites (tertiary alicyclic amines) is 1. The number of nitrogens with one attached hydrogen (secondary N) is 1. The summed E-state index contributed by atoms with van der Waals surface area (Å²) in [5, 5.41) is 2.91. The lowest BCUT2D eigenvalue weighted by Crippen LogP contribution is -2.64. The number of benzene rings is 1. The molecule has 1 N–H and O–H groups in total. The Morgan fingerprint density at radius 3 is 2.74 bits per heavy atom. The number of ether oxygens (including phenoxy) is 4. The molecule has 144 valence electrons. The standard InChI is InChI=1S/C19H22N2O6/c1-17(2)25-13-11-9-21(3)18(10-7-5-6-8-12(10)20-15(18)22)19(11,16(23)24-4)27-14(13)26-17/h5-8,11,13-14H,9H2,1-4H3,(H,20,22)/t11-,13-,14+,18+,19-/m1/s1. The van der Waals surface area contributed by atoms with Crippen molar-refractivity contribution in [2.24, 2.45) is 5.92 Å². The van der Waals surface area contributed by atoms with Gasteiger partial charge in [-0.15, -0.1) is 0 Å². The molecule has 0 radical (unpaired) electrons. The first-order valence-corrected chi connectivity index (χ1v) is 9.02. The predicted octanol–water partition coefficient (Wildman–Crippen LogP) is 0.815. The maximum Gasteiger partial charge on any atom is 0.341 e. The molecule has 0 aliphatic carbocycles. The van der Waals surface area contributed by atoms with Gasteiger partial charge in [0, 0.05) is 23.7 Å². The summed E-state index contributed by atoms with van der Waals surface area (Å²) >= 11 is 0. The minimum atomic E-state index is -1.56. The van der Waals surface area contributed by atoms with Crippen molar-refractivity contribution in [3.63, 3.8) is 0 Å². The number of nitrogens with zero attached hydrogens (tertiary/aromatic N) is 1. The lowest BCUT2D eigenvalue weighted by molar-refractivity contribution is -0.246. The van der Waals surface area contributed by atoms with E-state index in [0.29, 0.717) is 17.8 Å². The smallest absolute Gasteiger partial charge is 0.341 e. The molecule has 0 unspecified atom stereocenters. The number of amides is 1. The van der Waals surface area contributed by atoms with Crippen molar-refractivity contribution in [3.8, 4) is 0 Å². The van der Waals surface area contributed by atoms with Crippen molar-refractivity contribution in [1.29, 1.82) is 0 Å². The summed E-state index contributed by atoms with van der Waals surface area (Å²) in [6.45, 7) is 4.04. The van der Waals surface area contributed by atoms with Crippen LogP contribution in [-0.4, -0.2) is 61.3 Å². The number of carbonyl (C=O) groups excluding carboxylic acids is 2. The average molecular weight is 374 g/mol. The lowest BCUT2D eigenvalue weighted by Gasteiger charge is -2.42. The van der Waals surface area contributed by atoms with Gasteiger partial charge in [-0.2, -0.15) is 0 Å². The van der Waals surface area contributed by atoms with Crippen molar-refractivity contribution in [2.45, 2.75) is 43.2 Å². The molecule has 0 saturated carbocycles. The fourth-order valence-corrected chi connectivity index (χ4v) is 5.41. The highest BCUT2D eigenvalue weighted by Gasteiger charge is 2.82. The summed E-state index contributed by atoms with van der Waals surface area (Å²) in [6.07, 6.45) is -1.21. The molecule has 1 amide bonds. The second kappa shape index (κ2) is 5.08. The largest absolute Gasteiger partial charge is 0.467 e. The van der Waals surface area contributed by atoms with Crippen LogP contribution in [-0.2, 0) is 34.1 Å². The lowest BCUT2D eigenvalue weighted by atomic mass is 9.71. The number of hydrogen-bond acceptors (Lipinski definition) is 7. The summed E-state index contributed by atoms with van der Waals surface area (Å²) in [5.41, 5.74) is -1.53. The third-order valence-corrected chi connectivity index (χ3v) is 6.27. The van der Waals surface area contributed by atoms with Gasteiger partial charge in [-0.3, -0.25) is 9.69 Å². The van der Waals surface area contributed by atoms with Crippen LogP contribution in [0.5, 0.6) is 0 Å². The number of carbonyl (C=O) groups is 2. The molecule has 8 nitrogen and oxygen atoms in total. The van der Waals surface area contributed by atoms with Crippen molar-refractivity contribution < 1.29 is 28.5 Å². The van der Waals surface area contributed by atoms with E-state index in [1.54, 1.807) is 13.8 Å². The van der Waals surface area contributed by atoms with Crippen molar-refractivity contribution in [1.82, 2.24) is 4.90 Å². The van der Waals surface area contributed by atoms with E-state index in [2.05, 4.69) is 5.32 Å². The zero-order chi connectivity index (χ0) is 19.2. The SMILES string of the molecule is COC(=O)[C@]12O[C@@H]3OC(C)(C)O[C@@H]3[C@H]1CN(C)[C@@]21C(=O)Nc2ccccc21. The first-order valence-electron chi connectivity index (χ1n) is 9.02.